The summed E-state index contributed by atoms with van der Waals surface area (Å²) in [6, 6.07) is 15.2. The van der Waals surface area contributed by atoms with E-state index in [2.05, 4.69) is 0 Å². The summed E-state index contributed by atoms with van der Waals surface area (Å²) < 4.78 is 19.9. The molecule has 0 bridgehead atoms. The van der Waals surface area contributed by atoms with Gasteiger partial charge in [-0.3, -0.25) is 9.36 Å². The van der Waals surface area contributed by atoms with Crippen molar-refractivity contribution in [3.8, 4) is 0 Å². The third kappa shape index (κ3) is 4.20. The van der Waals surface area contributed by atoms with Gasteiger partial charge in [0.1, 0.15) is 12.5 Å². The van der Waals surface area contributed by atoms with Gasteiger partial charge in [-0.15, -0.1) is 0 Å². The standard InChI is InChI=1S/C21H21FN2O4/c1-2-19-18(12-15-6-4-3-5-7-15)20(25)24(27)21(26)23(19)14-28-13-16-8-10-17(22)11-9-16/h3-11,27H,2,12-14H2,1H3. The molecule has 0 radical (unpaired) electrons. The summed E-state index contributed by atoms with van der Waals surface area (Å²) in [6.45, 7) is 1.86. The fraction of sp³-hybridized carbons (Fsp3) is 0.238. The van der Waals surface area contributed by atoms with Crippen LogP contribution < -0.4 is 11.2 Å². The molecular formula is C21H21FN2O4. The molecule has 28 heavy (non-hydrogen) atoms. The summed E-state index contributed by atoms with van der Waals surface area (Å²) in [5.74, 6) is -0.342. The van der Waals surface area contributed by atoms with Crippen LogP contribution >= 0.6 is 0 Å². The predicted octanol–water partition coefficient (Wildman–Crippen LogP) is 2.71. The van der Waals surface area contributed by atoms with Gasteiger partial charge in [-0.1, -0.05) is 54.1 Å². The second kappa shape index (κ2) is 8.67. The van der Waals surface area contributed by atoms with Crippen molar-refractivity contribution in [2.24, 2.45) is 0 Å². The Kier molecular flexibility index (Phi) is 6.06. The molecule has 0 aliphatic heterocycles. The van der Waals surface area contributed by atoms with E-state index in [1.807, 2.05) is 37.3 Å². The molecule has 0 atom stereocenters. The summed E-state index contributed by atoms with van der Waals surface area (Å²) in [7, 11) is 0. The Morgan fingerprint density at radius 3 is 2.32 bits per heavy atom. The highest BCUT2D eigenvalue weighted by Crippen LogP contribution is 2.12. The molecule has 7 heteroatoms. The Hall–Kier alpha value is -3.19. The van der Waals surface area contributed by atoms with E-state index in [0.717, 1.165) is 11.1 Å². The van der Waals surface area contributed by atoms with Crippen LogP contribution in [0.15, 0.2) is 64.2 Å². The Morgan fingerprint density at radius 2 is 1.68 bits per heavy atom. The lowest BCUT2D eigenvalue weighted by molar-refractivity contribution is 0.0498. The molecule has 1 aromatic heterocycles. The SMILES string of the molecule is CCc1c(Cc2ccccc2)c(=O)n(O)c(=O)n1COCc1ccc(F)cc1. The Bertz CT molecular complexity index is 1060. The maximum atomic E-state index is 13.0. The molecule has 0 amide bonds. The maximum Gasteiger partial charge on any atom is 0.366 e. The van der Waals surface area contributed by atoms with E-state index >= 15 is 0 Å². The molecule has 0 aliphatic rings. The van der Waals surface area contributed by atoms with Crippen LogP contribution in [0.3, 0.4) is 0 Å². The smallest absolute Gasteiger partial charge is 0.366 e. The minimum Gasteiger partial charge on any atom is -0.421 e. The molecule has 1 N–H and O–H groups in total. The highest BCUT2D eigenvalue weighted by atomic mass is 19.1. The lowest BCUT2D eigenvalue weighted by Crippen LogP contribution is -2.43. The highest BCUT2D eigenvalue weighted by Gasteiger charge is 2.18. The number of benzene rings is 2. The zero-order valence-electron chi connectivity index (χ0n) is 15.5. The maximum absolute atomic E-state index is 13.0. The number of aromatic nitrogens is 2. The van der Waals surface area contributed by atoms with Gasteiger partial charge in [0.15, 0.2) is 0 Å². The van der Waals surface area contributed by atoms with Gasteiger partial charge in [-0.25, -0.2) is 9.18 Å². The summed E-state index contributed by atoms with van der Waals surface area (Å²) in [5, 5.41) is 9.99. The molecule has 0 spiro atoms. The number of nitrogens with zero attached hydrogens (tertiary/aromatic N) is 2. The minimum atomic E-state index is -0.849. The molecule has 146 valence electrons. The summed E-state index contributed by atoms with van der Waals surface area (Å²) >= 11 is 0. The largest absolute Gasteiger partial charge is 0.421 e. The van der Waals surface area contributed by atoms with Gasteiger partial charge < -0.3 is 9.94 Å². The van der Waals surface area contributed by atoms with E-state index in [0.29, 0.717) is 24.1 Å². The minimum absolute atomic E-state index is 0.124. The van der Waals surface area contributed by atoms with Crippen LogP contribution in [0.25, 0.3) is 0 Å². The van der Waals surface area contributed by atoms with E-state index in [1.54, 1.807) is 12.1 Å². The predicted molar refractivity (Wildman–Crippen MR) is 102 cm³/mol. The van der Waals surface area contributed by atoms with Crippen molar-refractivity contribution >= 4 is 0 Å². The van der Waals surface area contributed by atoms with E-state index < -0.39 is 11.2 Å². The molecule has 2 aromatic carbocycles. The lowest BCUT2D eigenvalue weighted by atomic mass is 10.0. The van der Waals surface area contributed by atoms with E-state index in [1.165, 1.54) is 16.7 Å². The average molecular weight is 384 g/mol. The van der Waals surface area contributed by atoms with E-state index in [-0.39, 0.29) is 23.9 Å². The summed E-state index contributed by atoms with van der Waals surface area (Å²) in [6.07, 6.45) is 0.717. The molecular weight excluding hydrogens is 363 g/mol. The second-order valence-electron chi connectivity index (χ2n) is 6.37. The molecule has 3 aromatic rings. The Morgan fingerprint density at radius 1 is 1.00 bits per heavy atom. The van der Waals surface area contributed by atoms with Gasteiger partial charge in [-0.2, -0.15) is 0 Å². The van der Waals surface area contributed by atoms with Gasteiger partial charge in [0.2, 0.25) is 0 Å². The zero-order chi connectivity index (χ0) is 20.1. The first-order valence-electron chi connectivity index (χ1n) is 8.94. The van der Waals surface area contributed by atoms with Crippen molar-refractivity contribution in [1.29, 1.82) is 0 Å². The average Bonchev–Trinajstić information content (AvgIpc) is 2.72. The summed E-state index contributed by atoms with van der Waals surface area (Å²) in [4.78, 5) is 24.9. The monoisotopic (exact) mass is 384 g/mol. The summed E-state index contributed by atoms with van der Waals surface area (Å²) in [5.41, 5.74) is 0.934. The van der Waals surface area contributed by atoms with Crippen molar-refractivity contribution in [2.45, 2.75) is 33.1 Å². The van der Waals surface area contributed by atoms with Gasteiger partial charge in [0.25, 0.3) is 5.56 Å². The first-order chi connectivity index (χ1) is 13.5. The van der Waals surface area contributed by atoms with Crippen LogP contribution in [-0.2, 0) is 30.9 Å². The van der Waals surface area contributed by atoms with E-state index in [9.17, 15) is 19.2 Å². The third-order valence-corrected chi connectivity index (χ3v) is 4.50. The molecule has 6 nitrogen and oxygen atoms in total. The van der Waals surface area contributed by atoms with Crippen LogP contribution in [0.5, 0.6) is 0 Å². The van der Waals surface area contributed by atoms with Crippen LogP contribution in [0.2, 0.25) is 0 Å². The van der Waals surface area contributed by atoms with Gasteiger partial charge in [-0.05, 0) is 29.7 Å². The van der Waals surface area contributed by atoms with E-state index in [4.69, 9.17) is 4.74 Å². The second-order valence-corrected chi connectivity index (χ2v) is 6.37. The van der Waals surface area contributed by atoms with Gasteiger partial charge in [0, 0.05) is 17.7 Å². The van der Waals surface area contributed by atoms with Crippen molar-refractivity contribution in [2.75, 3.05) is 0 Å². The number of halogens is 1. The number of hydrogen-bond donors (Lipinski definition) is 1. The molecule has 0 saturated carbocycles. The van der Waals surface area contributed by atoms with Crippen LogP contribution in [0.4, 0.5) is 4.39 Å². The quantitative estimate of drug-likeness (QED) is 0.636. The zero-order valence-corrected chi connectivity index (χ0v) is 15.5. The topological polar surface area (TPSA) is 73.5 Å². The van der Waals surface area contributed by atoms with Gasteiger partial charge in [0.05, 0.1) is 6.61 Å². The van der Waals surface area contributed by atoms with Crippen molar-refractivity contribution in [3.05, 3.63) is 104 Å². The van der Waals surface area contributed by atoms with Crippen molar-refractivity contribution < 1.29 is 14.3 Å². The third-order valence-electron chi connectivity index (χ3n) is 4.50. The van der Waals surface area contributed by atoms with Gasteiger partial charge >= 0.3 is 5.69 Å². The van der Waals surface area contributed by atoms with Crippen molar-refractivity contribution in [1.82, 2.24) is 9.30 Å². The Balaban J connectivity index is 1.90. The highest BCUT2D eigenvalue weighted by molar-refractivity contribution is 5.27. The van der Waals surface area contributed by atoms with Crippen molar-refractivity contribution in [3.63, 3.8) is 0 Å². The molecule has 0 saturated heterocycles. The molecule has 0 unspecified atom stereocenters. The lowest BCUT2D eigenvalue weighted by Gasteiger charge is -2.17. The van der Waals surface area contributed by atoms with Crippen LogP contribution in [-0.4, -0.2) is 14.5 Å². The van der Waals surface area contributed by atoms with Crippen LogP contribution in [0.1, 0.15) is 29.3 Å². The number of rotatable bonds is 7. The fourth-order valence-corrected chi connectivity index (χ4v) is 3.08. The normalized spacial score (nSPS) is 10.9. The Labute approximate surface area is 161 Å². The molecule has 1 heterocycles. The molecule has 0 aliphatic carbocycles. The first kappa shape index (κ1) is 19.6. The number of hydrogen-bond acceptors (Lipinski definition) is 4. The molecule has 0 fully saturated rings. The molecule has 3 rings (SSSR count). The first-order valence-corrected chi connectivity index (χ1v) is 8.94. The fourth-order valence-electron chi connectivity index (χ4n) is 3.08. The number of ether oxygens (including phenoxy) is 1. The van der Waals surface area contributed by atoms with Crippen LogP contribution in [0, 0.1) is 5.82 Å².